The normalized spacial score (nSPS) is 36.9. The molecule has 0 amide bonds. The summed E-state index contributed by atoms with van der Waals surface area (Å²) >= 11 is 0. The fourth-order valence-corrected chi connectivity index (χ4v) is 5.34. The summed E-state index contributed by atoms with van der Waals surface area (Å²) in [6, 6.07) is 1.30. The minimum Gasteiger partial charge on any atom is -0.297 e. The molecule has 0 aliphatic heterocycles. The van der Waals surface area contributed by atoms with Crippen LogP contribution < -0.4 is 11.2 Å². The molecule has 4 fully saturated rings. The molecule has 4 bridgehead atoms. The Balaban J connectivity index is 1.60. The first-order chi connectivity index (χ1) is 10.0. The summed E-state index contributed by atoms with van der Waals surface area (Å²) in [5.41, 5.74) is -1.09. The maximum Gasteiger partial charge on any atom is 0.328 e. The maximum atomic E-state index is 12.9. The van der Waals surface area contributed by atoms with Crippen LogP contribution in [0.25, 0.3) is 0 Å². The lowest BCUT2D eigenvalue weighted by Crippen LogP contribution is -2.51. The van der Waals surface area contributed by atoms with Crippen molar-refractivity contribution in [2.24, 2.45) is 23.2 Å². The molecule has 0 aromatic carbocycles. The number of ketones is 1. The van der Waals surface area contributed by atoms with Crippen LogP contribution in [0, 0.1) is 23.2 Å². The molecule has 5 rings (SSSR count). The Morgan fingerprint density at radius 2 is 1.71 bits per heavy atom. The smallest absolute Gasteiger partial charge is 0.297 e. The summed E-state index contributed by atoms with van der Waals surface area (Å²) in [6.45, 7) is 0.0990. The van der Waals surface area contributed by atoms with Gasteiger partial charge in [0.1, 0.15) is 0 Å². The van der Waals surface area contributed by atoms with Crippen LogP contribution in [0.3, 0.4) is 0 Å². The number of Topliss-reactive ketones (excluding diaryl/α,β-unsaturated/α-hetero) is 1. The van der Waals surface area contributed by atoms with Crippen molar-refractivity contribution in [3.8, 4) is 0 Å². The number of nitrogens with one attached hydrogen (secondary N) is 1. The van der Waals surface area contributed by atoms with Crippen LogP contribution in [0.2, 0.25) is 0 Å². The second kappa shape index (κ2) is 4.42. The summed E-state index contributed by atoms with van der Waals surface area (Å²) in [5, 5.41) is 0. The van der Waals surface area contributed by atoms with Gasteiger partial charge in [-0.1, -0.05) is 0 Å². The van der Waals surface area contributed by atoms with Crippen molar-refractivity contribution in [3.05, 3.63) is 33.1 Å². The van der Waals surface area contributed by atoms with E-state index in [1.54, 1.807) is 0 Å². The molecule has 1 aromatic heterocycles. The Labute approximate surface area is 122 Å². The van der Waals surface area contributed by atoms with Gasteiger partial charge in [0.25, 0.3) is 5.56 Å². The van der Waals surface area contributed by atoms with Crippen molar-refractivity contribution in [1.29, 1.82) is 0 Å². The molecular weight excluding hydrogens is 268 g/mol. The lowest BCUT2D eigenvalue weighted by molar-refractivity contribution is -0.144. The van der Waals surface area contributed by atoms with Gasteiger partial charge in [-0.05, 0) is 56.3 Å². The van der Waals surface area contributed by atoms with Gasteiger partial charge in [-0.2, -0.15) is 0 Å². The first-order valence-electron chi connectivity index (χ1n) is 7.87. The molecule has 0 atom stereocenters. The van der Waals surface area contributed by atoms with Gasteiger partial charge >= 0.3 is 5.69 Å². The highest BCUT2D eigenvalue weighted by Gasteiger charge is 2.54. The second-order valence-electron chi connectivity index (χ2n) is 7.36. The summed E-state index contributed by atoms with van der Waals surface area (Å²) in [6.07, 6.45) is 8.35. The minimum absolute atomic E-state index is 0.0990. The van der Waals surface area contributed by atoms with Gasteiger partial charge in [0.2, 0.25) is 0 Å². The Hall–Kier alpha value is -1.65. The van der Waals surface area contributed by atoms with Crippen molar-refractivity contribution >= 4 is 5.78 Å². The number of carbonyl (C=O) groups is 1. The first-order valence-corrected chi connectivity index (χ1v) is 7.87. The molecular formula is C16H20N2O3. The standard InChI is InChI=1S/C16H20N2O3/c19-13(9-18-2-1-14(20)17-15(18)21)16-6-10-3-11(7-16)5-12(4-10)8-16/h1-2,10-12H,3-9H2,(H,17,20,21). The summed E-state index contributed by atoms with van der Waals surface area (Å²) in [7, 11) is 0. The van der Waals surface area contributed by atoms with Crippen molar-refractivity contribution in [2.45, 2.75) is 45.1 Å². The van der Waals surface area contributed by atoms with Crippen molar-refractivity contribution in [1.82, 2.24) is 9.55 Å². The van der Waals surface area contributed by atoms with E-state index in [2.05, 4.69) is 4.98 Å². The average Bonchev–Trinajstić information content (AvgIpc) is 2.40. The number of rotatable bonds is 3. The van der Waals surface area contributed by atoms with Crippen LogP contribution in [0.1, 0.15) is 38.5 Å². The van der Waals surface area contributed by atoms with E-state index in [1.165, 1.54) is 36.1 Å². The summed E-state index contributed by atoms with van der Waals surface area (Å²) < 4.78 is 1.34. The van der Waals surface area contributed by atoms with E-state index in [4.69, 9.17) is 0 Å². The third-order valence-electron chi connectivity index (χ3n) is 5.84. The van der Waals surface area contributed by atoms with Crippen LogP contribution in [0.15, 0.2) is 21.9 Å². The van der Waals surface area contributed by atoms with E-state index in [9.17, 15) is 14.4 Å². The van der Waals surface area contributed by atoms with Crippen LogP contribution in [0.5, 0.6) is 0 Å². The second-order valence-corrected chi connectivity index (χ2v) is 7.36. The van der Waals surface area contributed by atoms with Gasteiger partial charge in [-0.15, -0.1) is 0 Å². The molecule has 1 N–H and O–H groups in total. The minimum atomic E-state index is -0.486. The van der Waals surface area contributed by atoms with E-state index in [0.29, 0.717) is 17.8 Å². The molecule has 5 heteroatoms. The van der Waals surface area contributed by atoms with E-state index < -0.39 is 11.2 Å². The Bertz CT molecular complexity index is 665. The number of aromatic amines is 1. The zero-order chi connectivity index (χ0) is 14.6. The van der Waals surface area contributed by atoms with Crippen molar-refractivity contribution in [3.63, 3.8) is 0 Å². The molecule has 0 saturated heterocycles. The highest BCUT2D eigenvalue weighted by Crippen LogP contribution is 2.60. The highest BCUT2D eigenvalue weighted by atomic mass is 16.2. The molecule has 0 unspecified atom stereocenters. The lowest BCUT2D eigenvalue weighted by atomic mass is 9.48. The van der Waals surface area contributed by atoms with Gasteiger partial charge in [0, 0.05) is 17.7 Å². The topological polar surface area (TPSA) is 71.9 Å². The fraction of sp³-hybridized carbons (Fsp3) is 0.688. The summed E-state index contributed by atoms with van der Waals surface area (Å²) in [4.78, 5) is 37.9. The molecule has 1 aromatic rings. The van der Waals surface area contributed by atoms with Gasteiger partial charge in [-0.25, -0.2) is 4.79 Å². The van der Waals surface area contributed by atoms with E-state index in [1.807, 2.05) is 0 Å². The Morgan fingerprint density at radius 1 is 1.14 bits per heavy atom. The Morgan fingerprint density at radius 3 is 2.24 bits per heavy atom. The van der Waals surface area contributed by atoms with Crippen molar-refractivity contribution in [2.75, 3.05) is 0 Å². The van der Waals surface area contributed by atoms with Crippen molar-refractivity contribution < 1.29 is 4.79 Å². The number of aromatic nitrogens is 2. The third kappa shape index (κ3) is 2.10. The molecule has 112 valence electrons. The molecule has 4 aliphatic rings. The van der Waals surface area contributed by atoms with Crippen LogP contribution in [0.4, 0.5) is 0 Å². The fourth-order valence-electron chi connectivity index (χ4n) is 5.34. The van der Waals surface area contributed by atoms with Gasteiger partial charge in [0.05, 0.1) is 6.54 Å². The third-order valence-corrected chi connectivity index (χ3v) is 5.84. The predicted octanol–water partition coefficient (Wildman–Crippen LogP) is 1.32. The molecule has 4 aliphatic carbocycles. The number of carbonyl (C=O) groups excluding carboxylic acids is 1. The predicted molar refractivity (Wildman–Crippen MR) is 76.9 cm³/mol. The number of nitrogens with zero attached hydrogens (tertiary/aromatic N) is 1. The zero-order valence-electron chi connectivity index (χ0n) is 12.0. The Kier molecular flexibility index (Phi) is 2.75. The SMILES string of the molecule is O=C(Cn1ccc(=O)[nH]c1=O)C12CC3CC(CC(C3)C1)C2. The van der Waals surface area contributed by atoms with Gasteiger partial charge in [0.15, 0.2) is 5.78 Å². The van der Waals surface area contributed by atoms with E-state index >= 15 is 0 Å². The first kappa shape index (κ1) is 13.0. The van der Waals surface area contributed by atoms with Crippen LogP contribution in [-0.2, 0) is 11.3 Å². The lowest BCUT2D eigenvalue weighted by Gasteiger charge is -2.56. The molecule has 0 spiro atoms. The average molecular weight is 288 g/mol. The number of hydrogen-bond acceptors (Lipinski definition) is 3. The molecule has 0 radical (unpaired) electrons. The number of hydrogen-bond donors (Lipinski definition) is 1. The maximum absolute atomic E-state index is 12.9. The highest BCUT2D eigenvalue weighted by molar-refractivity contribution is 5.85. The molecule has 21 heavy (non-hydrogen) atoms. The largest absolute Gasteiger partial charge is 0.328 e. The quantitative estimate of drug-likeness (QED) is 0.912. The number of H-pyrrole nitrogens is 1. The van der Waals surface area contributed by atoms with Crippen LogP contribution in [-0.4, -0.2) is 15.3 Å². The molecule has 1 heterocycles. The molecule has 5 nitrogen and oxygen atoms in total. The monoisotopic (exact) mass is 288 g/mol. The molecule has 4 saturated carbocycles. The zero-order valence-corrected chi connectivity index (χ0v) is 12.0. The van der Waals surface area contributed by atoms with Gasteiger partial charge < -0.3 is 0 Å². The van der Waals surface area contributed by atoms with E-state index in [-0.39, 0.29) is 17.7 Å². The van der Waals surface area contributed by atoms with Crippen LogP contribution >= 0.6 is 0 Å². The van der Waals surface area contributed by atoms with E-state index in [0.717, 1.165) is 19.3 Å². The summed E-state index contributed by atoms with van der Waals surface area (Å²) in [5.74, 6) is 2.34. The van der Waals surface area contributed by atoms with Gasteiger partial charge in [-0.3, -0.25) is 19.1 Å².